The number of aromatic amines is 1. The van der Waals surface area contributed by atoms with Crippen molar-refractivity contribution in [3.63, 3.8) is 0 Å². The van der Waals surface area contributed by atoms with Gasteiger partial charge in [-0.1, -0.05) is 0 Å². The van der Waals surface area contributed by atoms with Gasteiger partial charge in [-0.3, -0.25) is 0 Å². The molecule has 2 heterocycles. The predicted octanol–water partition coefficient (Wildman–Crippen LogP) is 3.55. The first kappa shape index (κ1) is 12.7. The van der Waals surface area contributed by atoms with Crippen LogP contribution >= 0.6 is 12.2 Å². The van der Waals surface area contributed by atoms with Gasteiger partial charge in [-0.05, 0) is 43.6 Å². The van der Waals surface area contributed by atoms with E-state index in [1.165, 1.54) is 6.07 Å². The molecule has 1 saturated heterocycles. The first-order chi connectivity index (χ1) is 9.16. The van der Waals surface area contributed by atoms with Gasteiger partial charge in [-0.2, -0.15) is 0 Å². The summed E-state index contributed by atoms with van der Waals surface area (Å²) in [7, 11) is 0. The van der Waals surface area contributed by atoms with Crippen LogP contribution in [0.4, 0.5) is 8.78 Å². The van der Waals surface area contributed by atoms with Crippen molar-refractivity contribution in [2.24, 2.45) is 0 Å². The second kappa shape index (κ2) is 5.02. The number of nitrogens with one attached hydrogen (secondary N) is 1. The van der Waals surface area contributed by atoms with Crippen LogP contribution in [0.15, 0.2) is 12.1 Å². The maximum atomic E-state index is 13.9. The van der Waals surface area contributed by atoms with Crippen LogP contribution in [-0.4, -0.2) is 22.3 Å². The normalized spacial score (nSPS) is 20.0. The molecule has 1 N–H and O–H groups in total. The Morgan fingerprint density at radius 2 is 2.21 bits per heavy atom. The molecule has 0 spiro atoms. The third-order valence-electron chi connectivity index (χ3n) is 3.49. The quantitative estimate of drug-likeness (QED) is 0.855. The zero-order valence-corrected chi connectivity index (χ0v) is 11.1. The number of fused-ring (bicyclic) bond motifs is 1. The summed E-state index contributed by atoms with van der Waals surface area (Å²) in [6.45, 7) is 1.18. The lowest BCUT2D eigenvalue weighted by atomic mass is 10.1. The number of aromatic nitrogens is 2. The topological polar surface area (TPSA) is 29.9 Å². The van der Waals surface area contributed by atoms with Gasteiger partial charge in [-0.25, -0.2) is 8.78 Å². The van der Waals surface area contributed by atoms with Gasteiger partial charge in [0.2, 0.25) is 0 Å². The van der Waals surface area contributed by atoms with Gasteiger partial charge >= 0.3 is 0 Å². The average Bonchev–Trinajstić information content (AvgIpc) is 2.73. The fraction of sp³-hybridized carbons (Fsp3) is 0.462. The van der Waals surface area contributed by atoms with Gasteiger partial charge < -0.3 is 14.3 Å². The van der Waals surface area contributed by atoms with Crippen LogP contribution in [0.1, 0.15) is 19.3 Å². The smallest absolute Gasteiger partial charge is 0.184 e. The van der Waals surface area contributed by atoms with Crippen molar-refractivity contribution in [2.45, 2.75) is 31.9 Å². The number of benzene rings is 1. The van der Waals surface area contributed by atoms with E-state index in [1.807, 2.05) is 0 Å². The molecule has 0 bridgehead atoms. The van der Waals surface area contributed by atoms with Crippen molar-refractivity contribution in [1.29, 1.82) is 0 Å². The molecule has 0 aliphatic carbocycles. The summed E-state index contributed by atoms with van der Waals surface area (Å²) in [4.78, 5) is 2.90. The fourth-order valence-electron chi connectivity index (χ4n) is 2.52. The van der Waals surface area contributed by atoms with E-state index in [0.29, 0.717) is 16.8 Å². The summed E-state index contributed by atoms with van der Waals surface area (Å²) in [5.41, 5.74) is 0.707. The van der Waals surface area contributed by atoms with Gasteiger partial charge in [-0.15, -0.1) is 0 Å². The lowest BCUT2D eigenvalue weighted by molar-refractivity contribution is 0.00634. The van der Waals surface area contributed by atoms with Gasteiger partial charge in [0.15, 0.2) is 16.4 Å². The molecule has 3 nitrogen and oxygen atoms in total. The number of halogens is 2. The first-order valence-electron chi connectivity index (χ1n) is 6.35. The van der Waals surface area contributed by atoms with Crippen molar-refractivity contribution < 1.29 is 13.5 Å². The highest BCUT2D eigenvalue weighted by atomic mass is 32.1. The Hall–Kier alpha value is -1.27. The van der Waals surface area contributed by atoms with Gasteiger partial charge in [0.25, 0.3) is 0 Å². The molecule has 0 saturated carbocycles. The molecule has 3 rings (SSSR count). The van der Waals surface area contributed by atoms with E-state index in [1.54, 1.807) is 4.57 Å². The Balaban J connectivity index is 2.04. The number of H-pyrrole nitrogens is 1. The number of hydrogen-bond donors (Lipinski definition) is 1. The molecule has 1 aromatic heterocycles. The molecule has 6 heteroatoms. The van der Waals surface area contributed by atoms with Crippen molar-refractivity contribution in [2.75, 3.05) is 6.61 Å². The standard InChI is InChI=1S/C13H14F2N2OS/c14-9-4-5-10-12(11(9)15)17(13(19)16-10)7-8-3-1-2-6-18-8/h4-5,8H,1-3,6-7H2,(H,16,19). The van der Waals surface area contributed by atoms with Crippen LogP contribution in [0.25, 0.3) is 11.0 Å². The first-order valence-corrected chi connectivity index (χ1v) is 6.76. The van der Waals surface area contributed by atoms with E-state index in [2.05, 4.69) is 4.98 Å². The number of nitrogens with zero attached hydrogens (tertiary/aromatic N) is 1. The molecule has 0 amide bonds. The van der Waals surface area contributed by atoms with Gasteiger partial charge in [0.05, 0.1) is 18.2 Å². The maximum Gasteiger partial charge on any atom is 0.184 e. The van der Waals surface area contributed by atoms with E-state index in [0.717, 1.165) is 31.9 Å². The van der Waals surface area contributed by atoms with E-state index >= 15 is 0 Å². The minimum atomic E-state index is -0.861. The van der Waals surface area contributed by atoms with E-state index in [9.17, 15) is 8.78 Å². The van der Waals surface area contributed by atoms with E-state index in [4.69, 9.17) is 17.0 Å². The van der Waals surface area contributed by atoms with Crippen molar-refractivity contribution in [1.82, 2.24) is 9.55 Å². The highest BCUT2D eigenvalue weighted by Gasteiger charge is 2.19. The van der Waals surface area contributed by atoms with E-state index < -0.39 is 11.6 Å². The molecule has 1 unspecified atom stereocenters. The summed E-state index contributed by atoms with van der Waals surface area (Å²) in [5.74, 6) is -1.72. The van der Waals surface area contributed by atoms with Crippen molar-refractivity contribution >= 4 is 23.3 Å². The van der Waals surface area contributed by atoms with Crippen LogP contribution in [0.2, 0.25) is 0 Å². The summed E-state index contributed by atoms with van der Waals surface area (Å²) in [6, 6.07) is 2.60. The molecule has 1 aliphatic rings. The third kappa shape index (κ3) is 2.30. The minimum absolute atomic E-state index is 0.0158. The number of rotatable bonds is 2. The Kier molecular flexibility index (Phi) is 3.36. The summed E-state index contributed by atoms with van der Waals surface area (Å²) >= 11 is 5.19. The minimum Gasteiger partial charge on any atom is -0.376 e. The van der Waals surface area contributed by atoms with E-state index in [-0.39, 0.29) is 11.6 Å². The molecule has 2 aromatic rings. The molecule has 1 fully saturated rings. The number of ether oxygens (including phenoxy) is 1. The zero-order valence-electron chi connectivity index (χ0n) is 10.3. The Labute approximate surface area is 114 Å². The molecule has 0 radical (unpaired) electrons. The van der Waals surface area contributed by atoms with Crippen LogP contribution in [-0.2, 0) is 11.3 Å². The van der Waals surface area contributed by atoms with Crippen LogP contribution < -0.4 is 0 Å². The summed E-state index contributed by atoms with van der Waals surface area (Å²) in [5, 5.41) is 0. The monoisotopic (exact) mass is 284 g/mol. The number of imidazole rings is 1. The Morgan fingerprint density at radius 3 is 2.95 bits per heavy atom. The maximum absolute atomic E-state index is 13.9. The Morgan fingerprint density at radius 1 is 1.37 bits per heavy atom. The molecule has 1 aromatic carbocycles. The second-order valence-electron chi connectivity index (χ2n) is 4.79. The average molecular weight is 284 g/mol. The highest BCUT2D eigenvalue weighted by molar-refractivity contribution is 7.71. The molecule has 19 heavy (non-hydrogen) atoms. The van der Waals surface area contributed by atoms with Crippen LogP contribution in [0, 0.1) is 16.4 Å². The predicted molar refractivity (Wildman–Crippen MR) is 70.6 cm³/mol. The lowest BCUT2D eigenvalue weighted by Gasteiger charge is -2.23. The largest absolute Gasteiger partial charge is 0.376 e. The Bertz CT molecular complexity index is 658. The zero-order chi connectivity index (χ0) is 13.4. The van der Waals surface area contributed by atoms with Gasteiger partial charge in [0, 0.05) is 6.61 Å². The summed E-state index contributed by atoms with van der Waals surface area (Å²) < 4.78 is 34.9. The van der Waals surface area contributed by atoms with Crippen molar-refractivity contribution in [3.8, 4) is 0 Å². The third-order valence-corrected chi connectivity index (χ3v) is 3.81. The second-order valence-corrected chi connectivity index (χ2v) is 5.17. The molecule has 1 atom stereocenters. The van der Waals surface area contributed by atoms with Crippen LogP contribution in [0.5, 0.6) is 0 Å². The fourth-order valence-corrected chi connectivity index (χ4v) is 2.79. The number of hydrogen-bond acceptors (Lipinski definition) is 2. The van der Waals surface area contributed by atoms with Crippen molar-refractivity contribution in [3.05, 3.63) is 28.5 Å². The molecule has 102 valence electrons. The SMILES string of the molecule is Fc1ccc2[nH]c(=S)n(CC3CCCCO3)c2c1F. The summed E-state index contributed by atoms with van der Waals surface area (Å²) in [6.07, 6.45) is 3.09. The lowest BCUT2D eigenvalue weighted by Crippen LogP contribution is -2.24. The molecule has 1 aliphatic heterocycles. The van der Waals surface area contributed by atoms with Gasteiger partial charge in [0.1, 0.15) is 5.52 Å². The molecular weight excluding hydrogens is 270 g/mol. The highest BCUT2D eigenvalue weighted by Crippen LogP contribution is 2.23. The molecular formula is C13H14F2N2OS. The van der Waals surface area contributed by atoms with Crippen LogP contribution in [0.3, 0.4) is 0 Å².